The average Bonchev–Trinajstić information content (AvgIpc) is 3.22. The van der Waals surface area contributed by atoms with Crippen LogP contribution in [0.2, 0.25) is 15.1 Å². The lowest BCUT2D eigenvalue weighted by atomic mass is 9.96. The molecular weight excluding hydrogens is 445 g/mol. The molecule has 0 radical (unpaired) electrons. The summed E-state index contributed by atoms with van der Waals surface area (Å²) < 4.78 is 0. The molecule has 2 amide bonds. The highest BCUT2D eigenvalue weighted by Gasteiger charge is 2.46. The minimum Gasteiger partial charge on any atom is -0.357 e. The van der Waals surface area contributed by atoms with Gasteiger partial charge in [-0.1, -0.05) is 34.8 Å². The van der Waals surface area contributed by atoms with Gasteiger partial charge in [0, 0.05) is 39.2 Å². The number of benzene rings is 2. The number of amides is 2. The Morgan fingerprint density at radius 2 is 1.77 bits per heavy atom. The van der Waals surface area contributed by atoms with Crippen molar-refractivity contribution in [3.63, 3.8) is 0 Å². The normalized spacial score (nSPS) is 22.2. The molecule has 2 aromatic carbocycles. The van der Waals surface area contributed by atoms with E-state index in [1.54, 1.807) is 18.2 Å². The Kier molecular flexibility index (Phi) is 4.82. The zero-order valence-corrected chi connectivity index (χ0v) is 18.4. The van der Waals surface area contributed by atoms with Gasteiger partial charge in [-0.2, -0.15) is 0 Å². The van der Waals surface area contributed by atoms with Crippen molar-refractivity contribution in [2.75, 3.05) is 11.4 Å². The average molecular weight is 463 g/mol. The summed E-state index contributed by atoms with van der Waals surface area (Å²) >= 11 is 18.5. The molecule has 1 N–H and O–H groups in total. The first-order valence-electron chi connectivity index (χ1n) is 9.72. The molecule has 3 aromatic rings. The molecule has 8 heteroatoms. The molecule has 1 saturated heterocycles. The first kappa shape index (κ1) is 19.9. The smallest absolute Gasteiger partial charge is 0.251 e. The number of rotatable bonds is 2. The van der Waals surface area contributed by atoms with Crippen molar-refractivity contribution in [3.8, 4) is 0 Å². The third-order valence-electron chi connectivity index (χ3n) is 6.11. The van der Waals surface area contributed by atoms with Crippen LogP contribution >= 0.6 is 34.8 Å². The molecule has 3 heterocycles. The van der Waals surface area contributed by atoms with Gasteiger partial charge in [0.05, 0.1) is 23.2 Å². The number of carbonyl (C=O) groups is 2. The highest BCUT2D eigenvalue weighted by molar-refractivity contribution is 6.37. The number of H-pyrrole nitrogens is 1. The van der Waals surface area contributed by atoms with E-state index in [0.717, 1.165) is 23.0 Å². The standard InChI is InChI=1S/C22H18Cl3N3O2/c1-11-21-14(15-8-12(23)3-5-17(15)26-21)6-7-27(11)19-10-20(29)28(22(19)30)18-9-13(24)2-4-16(18)25/h2-5,8-9,11,19,26H,6-7,10H2,1H3. The maximum absolute atomic E-state index is 13.3. The third-order valence-corrected chi connectivity index (χ3v) is 6.90. The number of aromatic nitrogens is 1. The van der Waals surface area contributed by atoms with E-state index in [1.165, 1.54) is 10.5 Å². The highest BCUT2D eigenvalue weighted by Crippen LogP contribution is 2.40. The van der Waals surface area contributed by atoms with Crippen molar-refractivity contribution in [2.45, 2.75) is 31.8 Å². The van der Waals surface area contributed by atoms with E-state index in [0.29, 0.717) is 27.3 Å². The van der Waals surface area contributed by atoms with Crippen LogP contribution in [-0.4, -0.2) is 34.3 Å². The summed E-state index contributed by atoms with van der Waals surface area (Å²) in [7, 11) is 0. The Balaban J connectivity index is 1.48. The molecule has 0 bridgehead atoms. The summed E-state index contributed by atoms with van der Waals surface area (Å²) in [4.78, 5) is 32.8. The van der Waals surface area contributed by atoms with Crippen LogP contribution in [0.3, 0.4) is 0 Å². The number of nitrogens with one attached hydrogen (secondary N) is 1. The number of halogens is 3. The van der Waals surface area contributed by atoms with E-state index in [2.05, 4.69) is 16.8 Å². The molecule has 2 aliphatic rings. The van der Waals surface area contributed by atoms with Crippen LogP contribution in [0.5, 0.6) is 0 Å². The first-order chi connectivity index (χ1) is 14.3. The minimum absolute atomic E-state index is 0.0449. The number of hydrogen-bond acceptors (Lipinski definition) is 3. The van der Waals surface area contributed by atoms with Gasteiger partial charge in [-0.3, -0.25) is 14.5 Å². The van der Waals surface area contributed by atoms with Crippen molar-refractivity contribution in [3.05, 3.63) is 62.7 Å². The number of imide groups is 1. The van der Waals surface area contributed by atoms with Crippen molar-refractivity contribution in [2.24, 2.45) is 0 Å². The number of aromatic amines is 1. The van der Waals surface area contributed by atoms with E-state index in [-0.39, 0.29) is 24.3 Å². The van der Waals surface area contributed by atoms with Gasteiger partial charge in [-0.15, -0.1) is 0 Å². The fourth-order valence-corrected chi connectivity index (χ4v) is 5.22. The van der Waals surface area contributed by atoms with Crippen LogP contribution in [0.1, 0.15) is 30.6 Å². The molecule has 1 fully saturated rings. The lowest BCUT2D eigenvalue weighted by Gasteiger charge is -2.36. The number of hydrogen-bond donors (Lipinski definition) is 1. The van der Waals surface area contributed by atoms with Crippen molar-refractivity contribution >= 4 is 63.2 Å². The van der Waals surface area contributed by atoms with Gasteiger partial charge < -0.3 is 4.98 Å². The lowest BCUT2D eigenvalue weighted by molar-refractivity contribution is -0.123. The van der Waals surface area contributed by atoms with E-state index in [9.17, 15) is 9.59 Å². The SMILES string of the molecule is CC1c2[nH]c3ccc(Cl)cc3c2CCN1C1CC(=O)N(c2cc(Cl)ccc2Cl)C1=O. The summed E-state index contributed by atoms with van der Waals surface area (Å²) in [5, 5.41) is 2.56. The molecule has 2 aliphatic heterocycles. The van der Waals surface area contributed by atoms with Gasteiger partial charge in [-0.25, -0.2) is 4.90 Å². The highest BCUT2D eigenvalue weighted by atomic mass is 35.5. The van der Waals surface area contributed by atoms with E-state index < -0.39 is 6.04 Å². The van der Waals surface area contributed by atoms with Gasteiger partial charge in [0.25, 0.3) is 5.91 Å². The van der Waals surface area contributed by atoms with Gasteiger partial charge in [-0.05, 0) is 55.3 Å². The fraction of sp³-hybridized carbons (Fsp3) is 0.273. The van der Waals surface area contributed by atoms with Gasteiger partial charge >= 0.3 is 0 Å². The molecule has 1 aromatic heterocycles. The number of anilines is 1. The summed E-state index contributed by atoms with van der Waals surface area (Å²) in [6, 6.07) is 10.0. The van der Waals surface area contributed by atoms with Crippen molar-refractivity contribution < 1.29 is 9.59 Å². The number of carbonyl (C=O) groups excluding carboxylic acids is 2. The van der Waals surface area contributed by atoms with Crippen LogP contribution in [0.4, 0.5) is 5.69 Å². The fourth-order valence-electron chi connectivity index (χ4n) is 4.68. The Labute approximate surface area is 188 Å². The van der Waals surface area contributed by atoms with E-state index in [1.807, 2.05) is 18.2 Å². The zero-order chi connectivity index (χ0) is 21.2. The Bertz CT molecular complexity index is 1210. The Hall–Kier alpha value is -2.05. The second-order valence-corrected chi connectivity index (χ2v) is 9.03. The molecule has 30 heavy (non-hydrogen) atoms. The van der Waals surface area contributed by atoms with Gasteiger partial charge in [0.15, 0.2) is 0 Å². The molecule has 5 rings (SSSR count). The quantitative estimate of drug-likeness (QED) is 0.520. The summed E-state index contributed by atoms with van der Waals surface area (Å²) in [6.45, 7) is 2.73. The largest absolute Gasteiger partial charge is 0.357 e. The lowest BCUT2D eigenvalue weighted by Crippen LogP contribution is -2.46. The van der Waals surface area contributed by atoms with Crippen LogP contribution in [-0.2, 0) is 16.0 Å². The van der Waals surface area contributed by atoms with Crippen LogP contribution in [0, 0.1) is 0 Å². The van der Waals surface area contributed by atoms with E-state index in [4.69, 9.17) is 34.8 Å². The molecule has 5 nitrogen and oxygen atoms in total. The first-order valence-corrected chi connectivity index (χ1v) is 10.9. The predicted octanol–water partition coefficient (Wildman–Crippen LogP) is 5.38. The molecule has 2 atom stereocenters. The van der Waals surface area contributed by atoms with E-state index >= 15 is 0 Å². The zero-order valence-electron chi connectivity index (χ0n) is 16.1. The molecule has 154 valence electrons. The maximum Gasteiger partial charge on any atom is 0.251 e. The maximum atomic E-state index is 13.3. The Morgan fingerprint density at radius 3 is 2.57 bits per heavy atom. The molecule has 0 saturated carbocycles. The van der Waals surface area contributed by atoms with Crippen molar-refractivity contribution in [1.29, 1.82) is 0 Å². The second kappa shape index (κ2) is 7.27. The summed E-state index contributed by atoms with van der Waals surface area (Å²) in [5.41, 5.74) is 3.66. The molecule has 2 unspecified atom stereocenters. The van der Waals surface area contributed by atoms with Crippen LogP contribution < -0.4 is 4.90 Å². The van der Waals surface area contributed by atoms with Gasteiger partial charge in [0.1, 0.15) is 0 Å². The molecular formula is C22H18Cl3N3O2. The topological polar surface area (TPSA) is 56.4 Å². The summed E-state index contributed by atoms with van der Waals surface area (Å²) in [5.74, 6) is -0.533. The predicted molar refractivity (Wildman–Crippen MR) is 119 cm³/mol. The molecule has 0 spiro atoms. The number of fused-ring (bicyclic) bond motifs is 3. The summed E-state index contributed by atoms with van der Waals surface area (Å²) in [6.07, 6.45) is 0.892. The van der Waals surface area contributed by atoms with Crippen LogP contribution in [0.25, 0.3) is 10.9 Å². The van der Waals surface area contributed by atoms with Gasteiger partial charge in [0.2, 0.25) is 5.91 Å². The third kappa shape index (κ3) is 3.04. The second-order valence-electron chi connectivity index (χ2n) is 7.75. The monoisotopic (exact) mass is 461 g/mol. The Morgan fingerprint density at radius 1 is 1.03 bits per heavy atom. The minimum atomic E-state index is -0.536. The number of nitrogens with zero attached hydrogens (tertiary/aromatic N) is 2. The molecule has 0 aliphatic carbocycles. The van der Waals surface area contributed by atoms with Crippen LogP contribution in [0.15, 0.2) is 36.4 Å². The van der Waals surface area contributed by atoms with Crippen molar-refractivity contribution in [1.82, 2.24) is 9.88 Å².